The highest BCUT2D eigenvalue weighted by atomic mass is 16.5. The standard InChI is InChI=1S/C22H26N6O3/c1-16-14-17(2)28(23-16)20-8-9-21(29)27(24-20)15-22(30)26-12-10-25(11-13-26)18-6-4-5-7-19(18)31-3/h4-9,14H,10-13,15H2,1-3H3. The van der Waals surface area contributed by atoms with Crippen LogP contribution in [0.5, 0.6) is 5.75 Å². The highest BCUT2D eigenvalue weighted by molar-refractivity contribution is 5.76. The van der Waals surface area contributed by atoms with Gasteiger partial charge >= 0.3 is 0 Å². The van der Waals surface area contributed by atoms with Crippen LogP contribution in [0.25, 0.3) is 5.82 Å². The summed E-state index contributed by atoms with van der Waals surface area (Å²) in [5.74, 6) is 1.21. The smallest absolute Gasteiger partial charge is 0.267 e. The molecule has 2 aromatic heterocycles. The number of para-hydroxylation sites is 2. The van der Waals surface area contributed by atoms with Crippen LogP contribution in [0.15, 0.2) is 47.3 Å². The summed E-state index contributed by atoms with van der Waals surface area (Å²) in [4.78, 5) is 29.1. The Morgan fingerprint density at radius 3 is 2.45 bits per heavy atom. The van der Waals surface area contributed by atoms with Crippen molar-refractivity contribution in [3.63, 3.8) is 0 Å². The van der Waals surface area contributed by atoms with Crippen molar-refractivity contribution in [1.29, 1.82) is 0 Å². The highest BCUT2D eigenvalue weighted by Gasteiger charge is 2.23. The number of piperazine rings is 1. The van der Waals surface area contributed by atoms with Crippen molar-refractivity contribution in [3.8, 4) is 11.6 Å². The third kappa shape index (κ3) is 4.30. The number of carbonyl (C=O) groups is 1. The molecule has 3 aromatic rings. The van der Waals surface area contributed by atoms with Crippen LogP contribution in [-0.2, 0) is 11.3 Å². The van der Waals surface area contributed by atoms with E-state index in [1.165, 1.54) is 10.7 Å². The van der Waals surface area contributed by atoms with E-state index in [0.717, 1.165) is 22.8 Å². The van der Waals surface area contributed by atoms with Crippen LogP contribution >= 0.6 is 0 Å². The van der Waals surface area contributed by atoms with Crippen LogP contribution in [0.4, 0.5) is 5.69 Å². The number of aryl methyl sites for hydroxylation is 2. The number of ether oxygens (including phenoxy) is 1. The summed E-state index contributed by atoms with van der Waals surface area (Å²) in [6, 6.07) is 12.8. The minimum atomic E-state index is -0.314. The van der Waals surface area contributed by atoms with Gasteiger partial charge in [-0.3, -0.25) is 9.59 Å². The van der Waals surface area contributed by atoms with Gasteiger partial charge in [0.15, 0.2) is 5.82 Å². The Balaban J connectivity index is 1.44. The number of methoxy groups -OCH3 is 1. The molecule has 0 unspecified atom stereocenters. The summed E-state index contributed by atoms with van der Waals surface area (Å²) in [5, 5.41) is 8.77. The maximum Gasteiger partial charge on any atom is 0.267 e. The van der Waals surface area contributed by atoms with Crippen molar-refractivity contribution in [2.75, 3.05) is 38.2 Å². The molecule has 4 rings (SSSR count). The fourth-order valence-electron chi connectivity index (χ4n) is 3.84. The molecule has 9 nitrogen and oxygen atoms in total. The number of amides is 1. The first-order valence-electron chi connectivity index (χ1n) is 10.2. The second-order valence-electron chi connectivity index (χ2n) is 7.57. The average Bonchev–Trinajstić information content (AvgIpc) is 3.13. The molecule has 9 heteroatoms. The van der Waals surface area contributed by atoms with Gasteiger partial charge in [-0.1, -0.05) is 12.1 Å². The van der Waals surface area contributed by atoms with Crippen LogP contribution in [0, 0.1) is 13.8 Å². The Bertz CT molecular complexity index is 1140. The van der Waals surface area contributed by atoms with E-state index >= 15 is 0 Å². The molecule has 31 heavy (non-hydrogen) atoms. The van der Waals surface area contributed by atoms with E-state index in [2.05, 4.69) is 15.1 Å². The van der Waals surface area contributed by atoms with E-state index in [-0.39, 0.29) is 18.0 Å². The van der Waals surface area contributed by atoms with Gasteiger partial charge < -0.3 is 14.5 Å². The fraction of sp³-hybridized carbons (Fsp3) is 0.364. The lowest BCUT2D eigenvalue weighted by Gasteiger charge is -2.36. The minimum Gasteiger partial charge on any atom is -0.495 e. The second-order valence-corrected chi connectivity index (χ2v) is 7.57. The first-order valence-corrected chi connectivity index (χ1v) is 10.2. The van der Waals surface area contributed by atoms with Crippen molar-refractivity contribution in [3.05, 3.63) is 64.2 Å². The maximum atomic E-state index is 12.9. The first kappa shape index (κ1) is 20.6. The van der Waals surface area contributed by atoms with Crippen molar-refractivity contribution in [2.45, 2.75) is 20.4 Å². The third-order valence-electron chi connectivity index (χ3n) is 5.42. The number of hydrogen-bond acceptors (Lipinski definition) is 6. The number of benzene rings is 1. The second kappa shape index (κ2) is 8.63. The van der Waals surface area contributed by atoms with Crippen LogP contribution in [-0.4, -0.2) is 63.7 Å². The molecule has 162 valence electrons. The minimum absolute atomic E-state index is 0.0966. The third-order valence-corrected chi connectivity index (χ3v) is 5.42. The molecule has 0 saturated carbocycles. The number of carbonyl (C=O) groups excluding carboxylic acids is 1. The molecule has 1 aromatic carbocycles. The lowest BCUT2D eigenvalue weighted by atomic mass is 10.2. The number of rotatable bonds is 5. The van der Waals surface area contributed by atoms with Crippen LogP contribution < -0.4 is 15.2 Å². The lowest BCUT2D eigenvalue weighted by molar-refractivity contribution is -0.132. The molecular weight excluding hydrogens is 396 g/mol. The zero-order chi connectivity index (χ0) is 22.0. The Morgan fingerprint density at radius 2 is 1.77 bits per heavy atom. The molecular formula is C22H26N6O3. The fourth-order valence-corrected chi connectivity index (χ4v) is 3.84. The van der Waals surface area contributed by atoms with Gasteiger partial charge in [0.25, 0.3) is 5.56 Å². The Morgan fingerprint density at radius 1 is 1.03 bits per heavy atom. The molecule has 0 bridgehead atoms. The Hall–Kier alpha value is -3.62. The number of nitrogens with zero attached hydrogens (tertiary/aromatic N) is 6. The van der Waals surface area contributed by atoms with E-state index in [1.54, 1.807) is 22.8 Å². The molecule has 0 radical (unpaired) electrons. The zero-order valence-electron chi connectivity index (χ0n) is 18.0. The van der Waals surface area contributed by atoms with Crippen LogP contribution in [0.2, 0.25) is 0 Å². The number of anilines is 1. The molecule has 0 atom stereocenters. The summed E-state index contributed by atoms with van der Waals surface area (Å²) < 4.78 is 8.32. The summed E-state index contributed by atoms with van der Waals surface area (Å²) >= 11 is 0. The molecule has 1 amide bonds. The predicted molar refractivity (Wildman–Crippen MR) is 117 cm³/mol. The summed E-state index contributed by atoms with van der Waals surface area (Å²) in [6.07, 6.45) is 0. The topological polar surface area (TPSA) is 85.5 Å². The van der Waals surface area contributed by atoms with E-state index in [9.17, 15) is 9.59 Å². The molecule has 1 saturated heterocycles. The molecule has 0 aliphatic carbocycles. The molecule has 1 aliphatic rings. The first-order chi connectivity index (χ1) is 15.0. The molecule has 0 spiro atoms. The van der Waals surface area contributed by atoms with E-state index in [4.69, 9.17) is 4.74 Å². The average molecular weight is 422 g/mol. The maximum absolute atomic E-state index is 12.9. The van der Waals surface area contributed by atoms with Crippen molar-refractivity contribution < 1.29 is 9.53 Å². The van der Waals surface area contributed by atoms with Crippen molar-refractivity contribution in [1.82, 2.24) is 24.5 Å². The molecule has 1 fully saturated rings. The SMILES string of the molecule is COc1ccccc1N1CCN(C(=O)Cn2nc(-n3nc(C)cc3C)ccc2=O)CC1. The molecule has 3 heterocycles. The van der Waals surface area contributed by atoms with Crippen molar-refractivity contribution in [2.24, 2.45) is 0 Å². The van der Waals surface area contributed by atoms with Gasteiger partial charge in [0, 0.05) is 37.9 Å². The van der Waals surface area contributed by atoms with E-state index in [1.807, 2.05) is 44.2 Å². The predicted octanol–water partition coefficient (Wildman–Crippen LogP) is 1.40. The van der Waals surface area contributed by atoms with Gasteiger partial charge in [0.05, 0.1) is 18.5 Å². The van der Waals surface area contributed by atoms with Gasteiger partial charge in [-0.05, 0) is 38.1 Å². The Labute approximate surface area is 180 Å². The van der Waals surface area contributed by atoms with Crippen LogP contribution in [0.1, 0.15) is 11.4 Å². The number of hydrogen-bond donors (Lipinski definition) is 0. The van der Waals surface area contributed by atoms with Gasteiger partial charge in [-0.25, -0.2) is 9.36 Å². The molecule has 1 aliphatic heterocycles. The highest BCUT2D eigenvalue weighted by Crippen LogP contribution is 2.28. The lowest BCUT2D eigenvalue weighted by Crippen LogP contribution is -2.50. The molecule has 0 N–H and O–H groups in total. The van der Waals surface area contributed by atoms with Gasteiger partial charge in [-0.15, -0.1) is 5.10 Å². The largest absolute Gasteiger partial charge is 0.495 e. The van der Waals surface area contributed by atoms with Crippen molar-refractivity contribution >= 4 is 11.6 Å². The zero-order valence-corrected chi connectivity index (χ0v) is 18.0. The monoisotopic (exact) mass is 422 g/mol. The Kier molecular flexibility index (Phi) is 5.75. The quantitative estimate of drug-likeness (QED) is 0.618. The van der Waals surface area contributed by atoms with Gasteiger partial charge in [0.2, 0.25) is 5.91 Å². The normalized spacial score (nSPS) is 14.0. The summed E-state index contributed by atoms with van der Waals surface area (Å²) in [7, 11) is 1.66. The van der Waals surface area contributed by atoms with E-state index in [0.29, 0.717) is 32.0 Å². The van der Waals surface area contributed by atoms with Gasteiger partial charge in [0.1, 0.15) is 12.3 Å². The van der Waals surface area contributed by atoms with Gasteiger partial charge in [-0.2, -0.15) is 5.10 Å². The summed E-state index contributed by atoms with van der Waals surface area (Å²) in [5.41, 5.74) is 2.48. The summed E-state index contributed by atoms with van der Waals surface area (Å²) in [6.45, 7) is 6.25. The van der Waals surface area contributed by atoms with Crippen LogP contribution in [0.3, 0.4) is 0 Å². The number of aromatic nitrogens is 4. The van der Waals surface area contributed by atoms with E-state index < -0.39 is 0 Å².